The highest BCUT2D eigenvalue weighted by atomic mass is 19.1. The van der Waals surface area contributed by atoms with Crippen LogP contribution in [0, 0.1) is 17.8 Å². The van der Waals surface area contributed by atoms with E-state index in [9.17, 15) is 23.2 Å². The Labute approximate surface area is 217 Å². The summed E-state index contributed by atoms with van der Waals surface area (Å²) in [5.74, 6) is -2.64. The zero-order chi connectivity index (χ0) is 26.9. The summed E-state index contributed by atoms with van der Waals surface area (Å²) in [4.78, 5) is 39.4. The SMILES string of the molecule is CCOC(=O)[C@@H]1C(=O)N([C@H](C)c2ccccc2)C[C@H]1CF.C[C@H](c1ccccc1)N1C[C@@H](CF)CC1=O. The number of carbonyl (C=O) groups is 3. The standard InChI is InChI=1S/C16H20FNO3.C13H16FNO/c1-3-21-16(20)14-13(9-17)10-18(15(14)19)11(2)12-7-5-4-6-8-12;1-10(12-5-3-2-4-6-12)15-9-11(8-14)7-13(15)16/h4-8,11,13-14H,3,9-10H2,1-2H3;2-6,10-11H,7-9H2,1H3/t11-,13-,14+;10-,11-/m11/s1. The number of rotatable bonds is 8. The zero-order valence-corrected chi connectivity index (χ0v) is 21.7. The van der Waals surface area contributed by atoms with Gasteiger partial charge < -0.3 is 14.5 Å². The molecule has 0 N–H and O–H groups in total. The molecule has 0 aromatic heterocycles. The number of amides is 2. The normalized spacial score (nSPS) is 22.9. The van der Waals surface area contributed by atoms with Gasteiger partial charge in [0.25, 0.3) is 0 Å². The lowest BCUT2D eigenvalue weighted by atomic mass is 9.97. The molecule has 0 saturated carbocycles. The number of carbonyl (C=O) groups excluding carboxylic acids is 3. The number of halogens is 2. The van der Waals surface area contributed by atoms with Gasteiger partial charge >= 0.3 is 5.97 Å². The molecule has 2 fully saturated rings. The maximum absolute atomic E-state index is 13.2. The average Bonchev–Trinajstić information content (AvgIpc) is 3.48. The lowest BCUT2D eigenvalue weighted by molar-refractivity contribution is -0.154. The van der Waals surface area contributed by atoms with Crippen LogP contribution >= 0.6 is 0 Å². The Bertz CT molecular complexity index is 1040. The second-order valence-electron chi connectivity index (χ2n) is 9.58. The summed E-state index contributed by atoms with van der Waals surface area (Å²) in [6.07, 6.45) is 0.355. The highest BCUT2D eigenvalue weighted by molar-refractivity contribution is 6.00. The smallest absolute Gasteiger partial charge is 0.318 e. The van der Waals surface area contributed by atoms with Gasteiger partial charge in [0.05, 0.1) is 32.0 Å². The molecule has 2 aromatic rings. The van der Waals surface area contributed by atoms with E-state index >= 15 is 0 Å². The van der Waals surface area contributed by atoms with Crippen molar-refractivity contribution in [2.75, 3.05) is 33.0 Å². The first-order chi connectivity index (χ1) is 17.8. The van der Waals surface area contributed by atoms with Gasteiger partial charge in [-0.2, -0.15) is 0 Å². The molecule has 5 atom stereocenters. The van der Waals surface area contributed by atoms with Gasteiger partial charge in [0, 0.05) is 31.3 Å². The molecule has 0 unspecified atom stereocenters. The summed E-state index contributed by atoms with van der Waals surface area (Å²) in [7, 11) is 0. The van der Waals surface area contributed by atoms with E-state index in [4.69, 9.17) is 4.74 Å². The number of hydrogen-bond acceptors (Lipinski definition) is 4. The lowest BCUT2D eigenvalue weighted by Gasteiger charge is -2.25. The second kappa shape index (κ2) is 13.3. The van der Waals surface area contributed by atoms with E-state index in [0.717, 1.165) is 11.1 Å². The molecule has 0 bridgehead atoms. The fourth-order valence-corrected chi connectivity index (χ4v) is 4.95. The van der Waals surface area contributed by atoms with E-state index in [2.05, 4.69) is 0 Å². The Balaban J connectivity index is 0.000000213. The summed E-state index contributed by atoms with van der Waals surface area (Å²) < 4.78 is 30.6. The molecule has 2 aromatic carbocycles. The van der Waals surface area contributed by atoms with Gasteiger partial charge in [0.2, 0.25) is 11.8 Å². The van der Waals surface area contributed by atoms with Crippen molar-refractivity contribution < 1.29 is 27.9 Å². The molecular formula is C29H36F2N2O4. The van der Waals surface area contributed by atoms with Crippen LogP contribution in [-0.4, -0.2) is 60.6 Å². The Morgan fingerprint density at radius 3 is 1.89 bits per heavy atom. The predicted molar refractivity (Wildman–Crippen MR) is 137 cm³/mol. The molecule has 8 heteroatoms. The van der Waals surface area contributed by atoms with Gasteiger partial charge in [-0.15, -0.1) is 0 Å². The van der Waals surface area contributed by atoms with Crippen LogP contribution in [0.2, 0.25) is 0 Å². The fraction of sp³-hybridized carbons (Fsp3) is 0.483. The molecule has 37 heavy (non-hydrogen) atoms. The maximum Gasteiger partial charge on any atom is 0.318 e. The first kappa shape index (κ1) is 28.3. The van der Waals surface area contributed by atoms with E-state index in [1.54, 1.807) is 16.7 Å². The van der Waals surface area contributed by atoms with Crippen molar-refractivity contribution in [3.8, 4) is 0 Å². The van der Waals surface area contributed by atoms with Crippen molar-refractivity contribution in [1.82, 2.24) is 9.80 Å². The van der Waals surface area contributed by atoms with E-state index in [0.29, 0.717) is 13.0 Å². The van der Waals surface area contributed by atoms with Crippen LogP contribution in [0.3, 0.4) is 0 Å². The van der Waals surface area contributed by atoms with Crippen molar-refractivity contribution >= 4 is 17.8 Å². The van der Waals surface area contributed by atoms with Gasteiger partial charge in [0.15, 0.2) is 0 Å². The molecule has 4 rings (SSSR count). The first-order valence-electron chi connectivity index (χ1n) is 12.8. The lowest BCUT2D eigenvalue weighted by Crippen LogP contribution is -2.33. The predicted octanol–water partition coefficient (Wildman–Crippen LogP) is 4.92. The van der Waals surface area contributed by atoms with E-state index < -0.39 is 31.2 Å². The highest BCUT2D eigenvalue weighted by Gasteiger charge is 2.47. The maximum atomic E-state index is 13.2. The third-order valence-electron chi connectivity index (χ3n) is 7.15. The van der Waals surface area contributed by atoms with Gasteiger partial charge in [-0.05, 0) is 31.9 Å². The van der Waals surface area contributed by atoms with Gasteiger partial charge in [0.1, 0.15) is 5.92 Å². The summed E-state index contributed by atoms with van der Waals surface area (Å²) >= 11 is 0. The van der Waals surface area contributed by atoms with Crippen molar-refractivity contribution in [2.24, 2.45) is 17.8 Å². The second-order valence-corrected chi connectivity index (χ2v) is 9.58. The van der Waals surface area contributed by atoms with Crippen molar-refractivity contribution in [3.05, 3.63) is 71.8 Å². The zero-order valence-electron chi connectivity index (χ0n) is 21.7. The quantitative estimate of drug-likeness (QED) is 0.371. The third kappa shape index (κ3) is 6.73. The molecule has 2 saturated heterocycles. The minimum atomic E-state index is -1.01. The minimum Gasteiger partial charge on any atom is -0.465 e. The number of ether oxygens (including phenoxy) is 1. The molecule has 0 aliphatic carbocycles. The van der Waals surface area contributed by atoms with E-state index in [1.807, 2.05) is 74.5 Å². The largest absolute Gasteiger partial charge is 0.465 e. The molecule has 2 aliphatic heterocycles. The number of likely N-dealkylation sites (tertiary alicyclic amines) is 2. The van der Waals surface area contributed by atoms with Crippen molar-refractivity contribution in [2.45, 2.75) is 39.3 Å². The number of nitrogens with zero attached hydrogens (tertiary/aromatic N) is 2. The Kier molecular flexibility index (Phi) is 10.2. The number of alkyl halides is 2. The van der Waals surface area contributed by atoms with Crippen molar-refractivity contribution in [3.63, 3.8) is 0 Å². The Morgan fingerprint density at radius 2 is 1.43 bits per heavy atom. The Hall–Kier alpha value is -3.29. The van der Waals surface area contributed by atoms with E-state index in [-0.39, 0.29) is 43.0 Å². The van der Waals surface area contributed by atoms with Crippen LogP contribution in [0.15, 0.2) is 60.7 Å². The number of benzene rings is 2. The molecule has 6 nitrogen and oxygen atoms in total. The fourth-order valence-electron chi connectivity index (χ4n) is 4.95. The van der Waals surface area contributed by atoms with Crippen LogP contribution in [0.4, 0.5) is 8.78 Å². The Morgan fingerprint density at radius 1 is 0.892 bits per heavy atom. The monoisotopic (exact) mass is 514 g/mol. The van der Waals surface area contributed by atoms with Crippen molar-refractivity contribution in [1.29, 1.82) is 0 Å². The number of esters is 1. The van der Waals surface area contributed by atoms with Gasteiger partial charge in [-0.3, -0.25) is 23.2 Å². The highest BCUT2D eigenvalue weighted by Crippen LogP contribution is 2.33. The molecule has 200 valence electrons. The molecular weight excluding hydrogens is 478 g/mol. The minimum absolute atomic E-state index is 0.0465. The topological polar surface area (TPSA) is 66.9 Å². The summed E-state index contributed by atoms with van der Waals surface area (Å²) in [5, 5.41) is 0. The first-order valence-corrected chi connectivity index (χ1v) is 12.8. The summed E-state index contributed by atoms with van der Waals surface area (Å²) in [6.45, 7) is 5.43. The van der Waals surface area contributed by atoms with E-state index in [1.165, 1.54) is 0 Å². The summed E-state index contributed by atoms with van der Waals surface area (Å²) in [5.41, 5.74) is 2.07. The number of hydrogen-bond donors (Lipinski definition) is 0. The molecule has 2 amide bonds. The summed E-state index contributed by atoms with van der Waals surface area (Å²) in [6, 6.07) is 19.2. The van der Waals surface area contributed by atoms with Gasteiger partial charge in [-0.1, -0.05) is 60.7 Å². The molecule has 2 aliphatic rings. The van der Waals surface area contributed by atoms with Crippen LogP contribution in [0.25, 0.3) is 0 Å². The van der Waals surface area contributed by atoms with Gasteiger partial charge in [-0.25, -0.2) is 0 Å². The van der Waals surface area contributed by atoms with Crippen LogP contribution in [0.1, 0.15) is 50.4 Å². The molecule has 2 heterocycles. The molecule has 0 radical (unpaired) electrons. The molecule has 0 spiro atoms. The van der Waals surface area contributed by atoms with Crippen LogP contribution < -0.4 is 0 Å². The average molecular weight is 515 g/mol. The van der Waals surface area contributed by atoms with Crippen LogP contribution in [-0.2, 0) is 19.1 Å². The van der Waals surface area contributed by atoms with Crippen LogP contribution in [0.5, 0.6) is 0 Å². The third-order valence-corrected chi connectivity index (χ3v) is 7.15.